The molecule has 0 saturated carbocycles. The first kappa shape index (κ1) is 23.1. The fourth-order valence-electron chi connectivity index (χ4n) is 3.63. The van der Waals surface area contributed by atoms with Crippen LogP contribution >= 0.6 is 0 Å². The second-order valence-corrected chi connectivity index (χ2v) is 7.96. The lowest BCUT2D eigenvalue weighted by atomic mass is 9.79. The molecule has 1 amide bonds. The SMILES string of the molecule is C[C@@](CCO)(C[C@@H](Cc1ccc(-c2ccccc2F)cc1)NC(=O)c1cnn[nH]1)C(=O)O. The van der Waals surface area contributed by atoms with Gasteiger partial charge in [0.25, 0.3) is 5.91 Å². The summed E-state index contributed by atoms with van der Waals surface area (Å²) in [5.74, 6) is -1.83. The molecule has 4 N–H and O–H groups in total. The minimum atomic E-state index is -1.23. The number of aromatic nitrogens is 3. The van der Waals surface area contributed by atoms with E-state index in [1.165, 1.54) is 12.3 Å². The van der Waals surface area contributed by atoms with Crippen LogP contribution < -0.4 is 5.32 Å². The van der Waals surface area contributed by atoms with Crippen molar-refractivity contribution >= 4 is 11.9 Å². The number of carboxylic acid groups (broad SMARTS) is 1. The molecule has 1 heterocycles. The molecule has 0 aliphatic rings. The lowest BCUT2D eigenvalue weighted by Gasteiger charge is -2.29. The summed E-state index contributed by atoms with van der Waals surface area (Å²) in [6, 6.07) is 13.2. The van der Waals surface area contributed by atoms with E-state index in [-0.39, 0.29) is 31.0 Å². The van der Waals surface area contributed by atoms with Gasteiger partial charge in [-0.15, -0.1) is 5.10 Å². The fourth-order valence-corrected chi connectivity index (χ4v) is 3.63. The van der Waals surface area contributed by atoms with Crippen molar-refractivity contribution in [3.05, 3.63) is 71.8 Å². The van der Waals surface area contributed by atoms with Gasteiger partial charge >= 0.3 is 5.97 Å². The van der Waals surface area contributed by atoms with E-state index in [2.05, 4.69) is 20.7 Å². The Morgan fingerprint density at radius 1 is 1.19 bits per heavy atom. The van der Waals surface area contributed by atoms with Crippen LogP contribution in [0.5, 0.6) is 0 Å². The first-order chi connectivity index (χ1) is 15.3. The van der Waals surface area contributed by atoms with E-state index in [0.717, 1.165) is 5.56 Å². The lowest BCUT2D eigenvalue weighted by Crippen LogP contribution is -2.43. The summed E-state index contributed by atoms with van der Waals surface area (Å²) in [6.45, 7) is 1.26. The zero-order valence-corrected chi connectivity index (χ0v) is 17.6. The number of benzene rings is 2. The molecule has 0 spiro atoms. The average molecular weight is 440 g/mol. The normalized spacial score (nSPS) is 13.8. The molecule has 8 nitrogen and oxygen atoms in total. The number of aliphatic hydroxyl groups is 1. The molecule has 1 aromatic heterocycles. The van der Waals surface area contributed by atoms with Gasteiger partial charge in [0.15, 0.2) is 0 Å². The third-order valence-electron chi connectivity index (χ3n) is 5.49. The van der Waals surface area contributed by atoms with Crippen molar-refractivity contribution in [2.24, 2.45) is 5.41 Å². The van der Waals surface area contributed by atoms with Crippen LogP contribution in [0.15, 0.2) is 54.7 Å². The van der Waals surface area contributed by atoms with Crippen LogP contribution in [0.25, 0.3) is 11.1 Å². The molecule has 0 saturated heterocycles. The number of hydrogen-bond donors (Lipinski definition) is 4. The number of rotatable bonds is 10. The molecule has 0 radical (unpaired) electrons. The van der Waals surface area contributed by atoms with Crippen LogP contribution in [0.2, 0.25) is 0 Å². The molecule has 3 rings (SSSR count). The van der Waals surface area contributed by atoms with Gasteiger partial charge < -0.3 is 15.5 Å². The minimum Gasteiger partial charge on any atom is -0.481 e. The van der Waals surface area contributed by atoms with Gasteiger partial charge in [-0.2, -0.15) is 0 Å². The van der Waals surface area contributed by atoms with Crippen molar-refractivity contribution in [1.29, 1.82) is 0 Å². The van der Waals surface area contributed by atoms with Gasteiger partial charge in [0.2, 0.25) is 0 Å². The number of carbonyl (C=O) groups excluding carboxylic acids is 1. The summed E-state index contributed by atoms with van der Waals surface area (Å²) in [5, 5.41) is 31.5. The van der Waals surface area contributed by atoms with Crippen LogP contribution in [0, 0.1) is 11.2 Å². The van der Waals surface area contributed by atoms with Gasteiger partial charge in [0.05, 0.1) is 11.6 Å². The molecular formula is C23H25FN4O4. The molecule has 2 atom stereocenters. The van der Waals surface area contributed by atoms with E-state index in [4.69, 9.17) is 0 Å². The number of amides is 1. The molecule has 0 unspecified atom stereocenters. The summed E-state index contributed by atoms with van der Waals surface area (Å²) >= 11 is 0. The smallest absolute Gasteiger partial charge is 0.309 e. The predicted molar refractivity (Wildman–Crippen MR) is 115 cm³/mol. The molecule has 0 aliphatic carbocycles. The van der Waals surface area contributed by atoms with E-state index in [0.29, 0.717) is 17.5 Å². The predicted octanol–water partition coefficient (Wildman–Crippen LogP) is 2.82. The minimum absolute atomic E-state index is 0.0482. The maximum atomic E-state index is 14.1. The Kier molecular flexibility index (Phi) is 7.32. The molecule has 3 aromatic rings. The Balaban J connectivity index is 1.82. The summed E-state index contributed by atoms with van der Waals surface area (Å²) in [4.78, 5) is 24.4. The number of carboxylic acids is 1. The number of nitrogens with one attached hydrogen (secondary N) is 2. The molecule has 9 heteroatoms. The van der Waals surface area contributed by atoms with Gasteiger partial charge in [-0.1, -0.05) is 47.7 Å². The summed E-state index contributed by atoms with van der Waals surface area (Å²) in [6.07, 6.45) is 1.77. The average Bonchev–Trinajstić information content (AvgIpc) is 3.30. The highest BCUT2D eigenvalue weighted by Gasteiger charge is 2.36. The van der Waals surface area contributed by atoms with Gasteiger partial charge in [-0.05, 0) is 43.4 Å². The quantitative estimate of drug-likeness (QED) is 0.384. The van der Waals surface area contributed by atoms with Gasteiger partial charge in [0, 0.05) is 18.2 Å². The highest BCUT2D eigenvalue weighted by atomic mass is 19.1. The Morgan fingerprint density at radius 3 is 2.50 bits per heavy atom. The summed E-state index contributed by atoms with van der Waals surface area (Å²) in [5.41, 5.74) is 0.967. The third kappa shape index (κ3) is 5.55. The lowest BCUT2D eigenvalue weighted by molar-refractivity contribution is -0.149. The van der Waals surface area contributed by atoms with E-state index in [9.17, 15) is 24.2 Å². The zero-order chi connectivity index (χ0) is 23.1. The Labute approximate surface area is 184 Å². The van der Waals surface area contributed by atoms with Gasteiger partial charge in [-0.25, -0.2) is 4.39 Å². The molecule has 2 aromatic carbocycles. The van der Waals surface area contributed by atoms with E-state index < -0.39 is 23.3 Å². The number of carbonyl (C=O) groups is 2. The molecule has 0 aliphatic heterocycles. The highest BCUT2D eigenvalue weighted by Crippen LogP contribution is 2.30. The Bertz CT molecular complexity index is 1060. The second kappa shape index (κ2) is 10.1. The standard InChI is InChI=1S/C23H25FN4O4/c1-23(10-11-29,22(31)32)13-17(26-21(30)20-14-25-28-27-20)12-15-6-8-16(9-7-15)18-4-2-3-5-19(18)24/h2-9,14,17,29H,10-13H2,1H3,(H,26,30)(H,31,32)(H,25,27,28)/t17-,23-/m1/s1. The maximum absolute atomic E-state index is 14.1. The number of hydrogen-bond acceptors (Lipinski definition) is 5. The summed E-state index contributed by atoms with van der Waals surface area (Å²) in [7, 11) is 0. The first-order valence-corrected chi connectivity index (χ1v) is 10.2. The van der Waals surface area contributed by atoms with Crippen molar-refractivity contribution in [1.82, 2.24) is 20.7 Å². The van der Waals surface area contributed by atoms with Gasteiger partial charge in [0.1, 0.15) is 11.5 Å². The van der Waals surface area contributed by atoms with Crippen LogP contribution in [0.4, 0.5) is 4.39 Å². The maximum Gasteiger partial charge on any atom is 0.309 e. The third-order valence-corrected chi connectivity index (χ3v) is 5.49. The molecule has 168 valence electrons. The number of aromatic amines is 1. The van der Waals surface area contributed by atoms with Crippen LogP contribution in [0.1, 0.15) is 35.8 Å². The number of aliphatic carboxylic acids is 1. The van der Waals surface area contributed by atoms with Gasteiger partial charge in [-0.3, -0.25) is 14.7 Å². The number of nitrogens with zero attached hydrogens (tertiary/aromatic N) is 2. The van der Waals surface area contributed by atoms with Crippen LogP contribution in [-0.4, -0.2) is 50.1 Å². The number of H-pyrrole nitrogens is 1. The Hall–Kier alpha value is -3.59. The summed E-state index contributed by atoms with van der Waals surface area (Å²) < 4.78 is 14.1. The molecule has 0 fully saturated rings. The van der Waals surface area contributed by atoms with E-state index >= 15 is 0 Å². The van der Waals surface area contributed by atoms with Crippen LogP contribution in [0.3, 0.4) is 0 Å². The van der Waals surface area contributed by atoms with E-state index in [1.807, 2.05) is 12.1 Å². The molecule has 0 bridgehead atoms. The van der Waals surface area contributed by atoms with Crippen molar-refractivity contribution < 1.29 is 24.2 Å². The second-order valence-electron chi connectivity index (χ2n) is 7.96. The Morgan fingerprint density at radius 2 is 1.91 bits per heavy atom. The van der Waals surface area contributed by atoms with Crippen molar-refractivity contribution in [2.75, 3.05) is 6.61 Å². The fraction of sp³-hybridized carbons (Fsp3) is 0.304. The zero-order valence-electron chi connectivity index (χ0n) is 17.6. The molecular weight excluding hydrogens is 415 g/mol. The topological polar surface area (TPSA) is 128 Å². The first-order valence-electron chi connectivity index (χ1n) is 10.2. The monoisotopic (exact) mass is 440 g/mol. The van der Waals surface area contributed by atoms with Crippen molar-refractivity contribution in [3.8, 4) is 11.1 Å². The van der Waals surface area contributed by atoms with Crippen molar-refractivity contribution in [2.45, 2.75) is 32.2 Å². The van der Waals surface area contributed by atoms with Crippen molar-refractivity contribution in [3.63, 3.8) is 0 Å². The highest BCUT2D eigenvalue weighted by molar-refractivity contribution is 5.92. The van der Waals surface area contributed by atoms with E-state index in [1.54, 1.807) is 37.3 Å². The number of halogens is 1. The van der Waals surface area contributed by atoms with Crippen LogP contribution in [-0.2, 0) is 11.2 Å². The molecule has 32 heavy (non-hydrogen) atoms. The largest absolute Gasteiger partial charge is 0.481 e. The number of aliphatic hydroxyl groups excluding tert-OH is 1.